The van der Waals surface area contributed by atoms with Gasteiger partial charge < -0.3 is 9.47 Å². The first-order valence-electron chi connectivity index (χ1n) is 8.31. The second kappa shape index (κ2) is 6.93. The number of nitrogens with zero attached hydrogens (tertiary/aromatic N) is 1. The molecule has 0 saturated heterocycles. The molecule has 0 aliphatic carbocycles. The Kier molecular flexibility index (Phi) is 4.70. The van der Waals surface area contributed by atoms with E-state index in [1.165, 1.54) is 0 Å². The number of hydrogen-bond acceptors (Lipinski definition) is 4. The van der Waals surface area contributed by atoms with Crippen LogP contribution in [0.15, 0.2) is 60.9 Å². The maximum absolute atomic E-state index is 13.0. The molecule has 1 heterocycles. The Balaban J connectivity index is 2.03. The number of esters is 1. The maximum Gasteiger partial charge on any atom is 0.343 e. The van der Waals surface area contributed by atoms with E-state index in [0.717, 1.165) is 16.3 Å². The van der Waals surface area contributed by atoms with E-state index in [9.17, 15) is 4.79 Å². The Morgan fingerprint density at radius 3 is 2.48 bits per heavy atom. The highest BCUT2D eigenvalue weighted by Crippen LogP contribution is 2.32. The number of carbonyl (C=O) groups is 1. The topological polar surface area (TPSA) is 48.4 Å². The van der Waals surface area contributed by atoms with Crippen LogP contribution in [0.4, 0.5) is 0 Å². The lowest BCUT2D eigenvalue weighted by Gasteiger charge is -2.26. The third-order valence-electron chi connectivity index (χ3n) is 4.12. The molecule has 0 spiro atoms. The standard InChI is InChI=1S/C21H21NO3/c1-4-24-18-10-9-15-7-5-6-8-17(15)19(18)20(23)25-21(2,3)16-11-13-22-14-12-16/h5-14H,4H2,1-3H3. The summed E-state index contributed by atoms with van der Waals surface area (Å²) in [6.45, 7) is 6.11. The largest absolute Gasteiger partial charge is 0.493 e. The molecule has 4 heteroatoms. The third kappa shape index (κ3) is 3.48. The Morgan fingerprint density at radius 1 is 1.04 bits per heavy atom. The van der Waals surface area contributed by atoms with Gasteiger partial charge in [0.2, 0.25) is 0 Å². The molecule has 0 N–H and O–H groups in total. The highest BCUT2D eigenvalue weighted by Gasteiger charge is 2.28. The van der Waals surface area contributed by atoms with Crippen LogP contribution in [0.5, 0.6) is 5.75 Å². The summed E-state index contributed by atoms with van der Waals surface area (Å²) in [6.07, 6.45) is 3.38. The number of pyridine rings is 1. The summed E-state index contributed by atoms with van der Waals surface area (Å²) in [5.41, 5.74) is 0.566. The summed E-state index contributed by atoms with van der Waals surface area (Å²) in [5.74, 6) is 0.138. The molecule has 2 aromatic carbocycles. The first-order chi connectivity index (χ1) is 12.0. The average molecular weight is 335 g/mol. The molecule has 0 unspecified atom stereocenters. The van der Waals surface area contributed by atoms with Crippen molar-refractivity contribution in [1.82, 2.24) is 4.98 Å². The number of rotatable bonds is 5. The molecule has 0 fully saturated rings. The highest BCUT2D eigenvalue weighted by atomic mass is 16.6. The van der Waals surface area contributed by atoms with Crippen LogP contribution in [0.25, 0.3) is 10.8 Å². The lowest BCUT2D eigenvalue weighted by molar-refractivity contribution is -0.00325. The van der Waals surface area contributed by atoms with Crippen molar-refractivity contribution < 1.29 is 14.3 Å². The molecule has 0 saturated carbocycles. The van der Waals surface area contributed by atoms with Gasteiger partial charge in [-0.15, -0.1) is 0 Å². The van der Waals surface area contributed by atoms with Crippen LogP contribution in [-0.2, 0) is 10.3 Å². The van der Waals surface area contributed by atoms with E-state index in [-0.39, 0.29) is 0 Å². The van der Waals surface area contributed by atoms with Gasteiger partial charge in [0, 0.05) is 12.4 Å². The summed E-state index contributed by atoms with van der Waals surface area (Å²) in [7, 11) is 0. The van der Waals surface area contributed by atoms with Crippen molar-refractivity contribution >= 4 is 16.7 Å². The lowest BCUT2D eigenvalue weighted by Crippen LogP contribution is -2.26. The zero-order chi connectivity index (χ0) is 17.9. The predicted octanol–water partition coefficient (Wildman–Crippen LogP) is 4.73. The van der Waals surface area contributed by atoms with E-state index in [1.807, 2.05) is 69.3 Å². The maximum atomic E-state index is 13.0. The highest BCUT2D eigenvalue weighted by molar-refractivity contribution is 6.07. The molecule has 4 nitrogen and oxygen atoms in total. The van der Waals surface area contributed by atoms with Gasteiger partial charge in [-0.2, -0.15) is 0 Å². The van der Waals surface area contributed by atoms with Gasteiger partial charge in [-0.05, 0) is 55.3 Å². The second-order valence-electron chi connectivity index (χ2n) is 6.23. The van der Waals surface area contributed by atoms with Crippen LogP contribution in [0, 0.1) is 0 Å². The SMILES string of the molecule is CCOc1ccc2ccccc2c1C(=O)OC(C)(C)c1ccncc1. The molecule has 0 radical (unpaired) electrons. The molecule has 0 aliphatic rings. The molecular weight excluding hydrogens is 314 g/mol. The first-order valence-corrected chi connectivity index (χ1v) is 8.31. The summed E-state index contributed by atoms with van der Waals surface area (Å²) >= 11 is 0. The minimum atomic E-state index is -0.777. The zero-order valence-corrected chi connectivity index (χ0v) is 14.7. The van der Waals surface area contributed by atoms with Gasteiger partial charge in [0.05, 0.1) is 6.61 Å². The van der Waals surface area contributed by atoms with Crippen LogP contribution < -0.4 is 4.74 Å². The molecule has 25 heavy (non-hydrogen) atoms. The van der Waals surface area contributed by atoms with Gasteiger partial charge in [0.1, 0.15) is 16.9 Å². The molecular formula is C21H21NO3. The van der Waals surface area contributed by atoms with E-state index in [0.29, 0.717) is 17.9 Å². The molecule has 0 atom stereocenters. The van der Waals surface area contributed by atoms with Crippen molar-refractivity contribution in [3.05, 3.63) is 72.1 Å². The fraction of sp³-hybridized carbons (Fsp3) is 0.238. The van der Waals surface area contributed by atoms with Crippen LogP contribution in [0.1, 0.15) is 36.7 Å². The summed E-state index contributed by atoms with van der Waals surface area (Å²) < 4.78 is 11.5. The van der Waals surface area contributed by atoms with Gasteiger partial charge in [-0.1, -0.05) is 30.3 Å². The van der Waals surface area contributed by atoms with E-state index in [2.05, 4.69) is 4.98 Å². The Hall–Kier alpha value is -2.88. The molecule has 3 aromatic rings. The minimum Gasteiger partial charge on any atom is -0.493 e. The van der Waals surface area contributed by atoms with Gasteiger partial charge >= 0.3 is 5.97 Å². The molecule has 0 aliphatic heterocycles. The normalized spacial score (nSPS) is 11.3. The monoisotopic (exact) mass is 335 g/mol. The van der Waals surface area contributed by atoms with E-state index >= 15 is 0 Å². The van der Waals surface area contributed by atoms with E-state index < -0.39 is 11.6 Å². The number of aromatic nitrogens is 1. The van der Waals surface area contributed by atoms with E-state index in [1.54, 1.807) is 12.4 Å². The predicted molar refractivity (Wildman–Crippen MR) is 97.8 cm³/mol. The number of ether oxygens (including phenoxy) is 2. The number of hydrogen-bond donors (Lipinski definition) is 0. The summed E-state index contributed by atoms with van der Waals surface area (Å²) in [6, 6.07) is 15.2. The summed E-state index contributed by atoms with van der Waals surface area (Å²) in [4.78, 5) is 17.0. The van der Waals surface area contributed by atoms with Gasteiger partial charge in [-0.3, -0.25) is 4.98 Å². The number of carbonyl (C=O) groups excluding carboxylic acids is 1. The minimum absolute atomic E-state index is 0.401. The number of fused-ring (bicyclic) bond motifs is 1. The van der Waals surface area contributed by atoms with Gasteiger partial charge in [0.15, 0.2) is 0 Å². The Morgan fingerprint density at radius 2 is 1.76 bits per heavy atom. The van der Waals surface area contributed by atoms with Crippen molar-refractivity contribution in [2.75, 3.05) is 6.61 Å². The van der Waals surface area contributed by atoms with Crippen LogP contribution in [0.2, 0.25) is 0 Å². The zero-order valence-electron chi connectivity index (χ0n) is 14.7. The first kappa shape index (κ1) is 17.0. The average Bonchev–Trinajstić information content (AvgIpc) is 2.62. The molecule has 0 bridgehead atoms. The van der Waals surface area contributed by atoms with Crippen LogP contribution in [-0.4, -0.2) is 17.6 Å². The van der Waals surface area contributed by atoms with Gasteiger partial charge in [-0.25, -0.2) is 4.79 Å². The van der Waals surface area contributed by atoms with Crippen LogP contribution in [0.3, 0.4) is 0 Å². The van der Waals surface area contributed by atoms with E-state index in [4.69, 9.17) is 9.47 Å². The molecule has 1 aromatic heterocycles. The van der Waals surface area contributed by atoms with Crippen molar-refractivity contribution in [3.8, 4) is 5.75 Å². The Labute approximate surface area is 147 Å². The number of benzene rings is 2. The molecule has 128 valence electrons. The summed E-state index contributed by atoms with van der Waals surface area (Å²) in [5, 5.41) is 1.79. The van der Waals surface area contributed by atoms with Crippen molar-refractivity contribution in [3.63, 3.8) is 0 Å². The fourth-order valence-electron chi connectivity index (χ4n) is 2.83. The van der Waals surface area contributed by atoms with Crippen molar-refractivity contribution in [2.45, 2.75) is 26.4 Å². The van der Waals surface area contributed by atoms with Crippen molar-refractivity contribution in [1.29, 1.82) is 0 Å². The smallest absolute Gasteiger partial charge is 0.343 e. The third-order valence-corrected chi connectivity index (χ3v) is 4.12. The molecule has 3 rings (SSSR count). The lowest BCUT2D eigenvalue weighted by atomic mass is 9.98. The fourth-order valence-corrected chi connectivity index (χ4v) is 2.83. The second-order valence-corrected chi connectivity index (χ2v) is 6.23. The quantitative estimate of drug-likeness (QED) is 0.633. The Bertz CT molecular complexity index is 888. The van der Waals surface area contributed by atoms with Gasteiger partial charge in [0.25, 0.3) is 0 Å². The van der Waals surface area contributed by atoms with Crippen LogP contribution >= 0.6 is 0 Å². The molecule has 0 amide bonds. The van der Waals surface area contributed by atoms with Crippen molar-refractivity contribution in [2.24, 2.45) is 0 Å².